The maximum absolute atomic E-state index is 12.6. The van der Waals surface area contributed by atoms with Gasteiger partial charge in [-0.2, -0.15) is 0 Å². The van der Waals surface area contributed by atoms with Gasteiger partial charge in [0, 0.05) is 11.6 Å². The molecule has 0 saturated carbocycles. The second-order valence-corrected chi connectivity index (χ2v) is 8.52. The Bertz CT molecular complexity index is 949. The third kappa shape index (κ3) is 3.78. The molecule has 0 saturated heterocycles. The summed E-state index contributed by atoms with van der Waals surface area (Å²) in [5.74, 6) is 0.0207. The first-order chi connectivity index (χ1) is 13.0. The van der Waals surface area contributed by atoms with Crippen molar-refractivity contribution in [3.05, 3.63) is 70.9 Å². The number of thiazole rings is 1. The number of aromatic nitrogens is 2. The van der Waals surface area contributed by atoms with E-state index in [0.29, 0.717) is 6.42 Å². The maximum atomic E-state index is 12.6. The van der Waals surface area contributed by atoms with E-state index < -0.39 is 0 Å². The average Bonchev–Trinajstić information content (AvgIpc) is 3.13. The van der Waals surface area contributed by atoms with E-state index in [9.17, 15) is 4.79 Å². The summed E-state index contributed by atoms with van der Waals surface area (Å²) < 4.78 is 0. The SMILES string of the molecule is CC1(C)CCC(NC(=O)Cc2csc(-c3ccccn3)n2)c2ccccc21. The standard InChI is InChI=1S/C22H23N3OS/c1-22(2)11-10-18(16-7-3-4-8-17(16)22)25-20(26)13-15-14-27-21(24-15)19-9-5-6-12-23-19/h3-9,12,14,18H,10-11,13H2,1-2H3,(H,25,26). The minimum atomic E-state index is 0.0207. The molecule has 1 unspecified atom stereocenters. The molecule has 138 valence electrons. The predicted octanol–water partition coefficient (Wildman–Crippen LogP) is 4.68. The molecule has 1 amide bonds. The van der Waals surface area contributed by atoms with E-state index >= 15 is 0 Å². The van der Waals surface area contributed by atoms with Crippen LogP contribution in [0.2, 0.25) is 0 Å². The first-order valence-electron chi connectivity index (χ1n) is 9.27. The summed E-state index contributed by atoms with van der Waals surface area (Å²) in [7, 11) is 0. The van der Waals surface area contributed by atoms with Crippen molar-refractivity contribution < 1.29 is 4.79 Å². The van der Waals surface area contributed by atoms with Crippen LogP contribution in [0.15, 0.2) is 54.0 Å². The van der Waals surface area contributed by atoms with E-state index in [1.54, 1.807) is 6.20 Å². The quantitative estimate of drug-likeness (QED) is 0.718. The Hall–Kier alpha value is -2.53. The number of nitrogens with one attached hydrogen (secondary N) is 1. The molecule has 1 aliphatic rings. The fourth-order valence-electron chi connectivity index (χ4n) is 3.77. The number of nitrogens with zero attached hydrogens (tertiary/aromatic N) is 2. The highest BCUT2D eigenvalue weighted by molar-refractivity contribution is 7.13. The Morgan fingerprint density at radius 2 is 2.04 bits per heavy atom. The number of hydrogen-bond donors (Lipinski definition) is 1. The molecule has 0 bridgehead atoms. The number of rotatable bonds is 4. The van der Waals surface area contributed by atoms with Gasteiger partial charge in [0.25, 0.3) is 0 Å². The lowest BCUT2D eigenvalue weighted by Crippen LogP contribution is -2.36. The van der Waals surface area contributed by atoms with Crippen molar-refractivity contribution in [3.63, 3.8) is 0 Å². The minimum Gasteiger partial charge on any atom is -0.349 e. The van der Waals surface area contributed by atoms with Gasteiger partial charge >= 0.3 is 0 Å². The zero-order valence-electron chi connectivity index (χ0n) is 15.6. The summed E-state index contributed by atoms with van der Waals surface area (Å²) in [6.07, 6.45) is 4.08. The number of amides is 1. The van der Waals surface area contributed by atoms with Crippen LogP contribution in [0.4, 0.5) is 0 Å². The minimum absolute atomic E-state index is 0.0207. The predicted molar refractivity (Wildman–Crippen MR) is 109 cm³/mol. The van der Waals surface area contributed by atoms with E-state index in [2.05, 4.69) is 53.4 Å². The highest BCUT2D eigenvalue weighted by atomic mass is 32.1. The van der Waals surface area contributed by atoms with Gasteiger partial charge in [-0.15, -0.1) is 11.3 Å². The van der Waals surface area contributed by atoms with Crippen LogP contribution >= 0.6 is 11.3 Å². The van der Waals surface area contributed by atoms with Crippen LogP contribution < -0.4 is 5.32 Å². The van der Waals surface area contributed by atoms with Crippen LogP contribution in [0.25, 0.3) is 10.7 Å². The third-order valence-corrected chi connectivity index (χ3v) is 6.15. The largest absolute Gasteiger partial charge is 0.349 e. The Kier molecular flexibility index (Phi) is 4.79. The van der Waals surface area contributed by atoms with Gasteiger partial charge in [0.1, 0.15) is 5.01 Å². The molecule has 5 heteroatoms. The fraction of sp³-hybridized carbons (Fsp3) is 0.318. The van der Waals surface area contributed by atoms with Gasteiger partial charge in [0.15, 0.2) is 0 Å². The molecule has 0 spiro atoms. The number of carbonyl (C=O) groups is 1. The van der Waals surface area contributed by atoms with Crippen molar-refractivity contribution in [3.8, 4) is 10.7 Å². The van der Waals surface area contributed by atoms with E-state index in [-0.39, 0.29) is 17.4 Å². The maximum Gasteiger partial charge on any atom is 0.226 e. The van der Waals surface area contributed by atoms with E-state index in [1.807, 2.05) is 23.6 Å². The molecule has 3 aromatic rings. The second-order valence-electron chi connectivity index (χ2n) is 7.67. The Morgan fingerprint density at radius 1 is 1.22 bits per heavy atom. The van der Waals surface area contributed by atoms with Gasteiger partial charge in [-0.3, -0.25) is 9.78 Å². The summed E-state index contributed by atoms with van der Waals surface area (Å²) in [4.78, 5) is 21.5. The Balaban J connectivity index is 1.46. The van der Waals surface area contributed by atoms with Crippen LogP contribution in [0.5, 0.6) is 0 Å². The zero-order chi connectivity index (χ0) is 18.9. The van der Waals surface area contributed by atoms with Crippen LogP contribution in [0.1, 0.15) is 49.6 Å². The number of hydrogen-bond acceptors (Lipinski definition) is 4. The van der Waals surface area contributed by atoms with Gasteiger partial charge in [-0.25, -0.2) is 4.98 Å². The zero-order valence-corrected chi connectivity index (χ0v) is 16.4. The first-order valence-corrected chi connectivity index (χ1v) is 10.2. The van der Waals surface area contributed by atoms with Crippen LogP contribution in [-0.4, -0.2) is 15.9 Å². The summed E-state index contributed by atoms with van der Waals surface area (Å²) in [5.41, 5.74) is 4.38. The van der Waals surface area contributed by atoms with Crippen molar-refractivity contribution in [1.82, 2.24) is 15.3 Å². The van der Waals surface area contributed by atoms with Crippen LogP contribution in [0.3, 0.4) is 0 Å². The summed E-state index contributed by atoms with van der Waals surface area (Å²) >= 11 is 1.53. The molecule has 1 aromatic carbocycles. The molecule has 0 fully saturated rings. The second kappa shape index (κ2) is 7.24. The Morgan fingerprint density at radius 3 is 2.85 bits per heavy atom. The topological polar surface area (TPSA) is 54.9 Å². The summed E-state index contributed by atoms with van der Waals surface area (Å²) in [6.45, 7) is 4.55. The van der Waals surface area contributed by atoms with Gasteiger partial charge < -0.3 is 5.32 Å². The van der Waals surface area contributed by atoms with Crippen LogP contribution in [0, 0.1) is 0 Å². The van der Waals surface area contributed by atoms with Crippen molar-refractivity contribution in [2.24, 2.45) is 0 Å². The van der Waals surface area contributed by atoms with Gasteiger partial charge in [-0.1, -0.05) is 44.2 Å². The molecule has 27 heavy (non-hydrogen) atoms. The molecule has 0 radical (unpaired) electrons. The fourth-order valence-corrected chi connectivity index (χ4v) is 4.56. The van der Waals surface area contributed by atoms with E-state index in [4.69, 9.17) is 0 Å². The molecule has 0 aliphatic heterocycles. The number of pyridine rings is 1. The lowest BCUT2D eigenvalue weighted by atomic mass is 9.71. The summed E-state index contributed by atoms with van der Waals surface area (Å²) in [5, 5.41) is 6.02. The van der Waals surface area contributed by atoms with Crippen molar-refractivity contribution >= 4 is 17.2 Å². The third-order valence-electron chi connectivity index (χ3n) is 5.24. The van der Waals surface area contributed by atoms with Gasteiger partial charge in [-0.05, 0) is 41.5 Å². The Labute approximate surface area is 163 Å². The molecule has 4 rings (SSSR count). The number of fused-ring (bicyclic) bond motifs is 1. The molecule has 1 N–H and O–H groups in total. The summed E-state index contributed by atoms with van der Waals surface area (Å²) in [6, 6.07) is 14.3. The smallest absolute Gasteiger partial charge is 0.226 e. The normalized spacial score (nSPS) is 17.9. The highest BCUT2D eigenvalue weighted by Crippen LogP contribution is 2.41. The van der Waals surface area contributed by atoms with Gasteiger partial charge in [0.05, 0.1) is 23.9 Å². The number of benzene rings is 1. The van der Waals surface area contributed by atoms with E-state index in [1.165, 1.54) is 22.5 Å². The van der Waals surface area contributed by atoms with Gasteiger partial charge in [0.2, 0.25) is 5.91 Å². The monoisotopic (exact) mass is 377 g/mol. The first kappa shape index (κ1) is 17.9. The lowest BCUT2D eigenvalue weighted by molar-refractivity contribution is -0.121. The number of carbonyl (C=O) groups excluding carboxylic acids is 1. The van der Waals surface area contributed by atoms with E-state index in [0.717, 1.165) is 29.2 Å². The lowest BCUT2D eigenvalue weighted by Gasteiger charge is -2.37. The average molecular weight is 378 g/mol. The van der Waals surface area contributed by atoms with Crippen molar-refractivity contribution in [2.75, 3.05) is 0 Å². The molecule has 2 aromatic heterocycles. The molecular weight excluding hydrogens is 354 g/mol. The molecule has 1 aliphatic carbocycles. The van der Waals surface area contributed by atoms with Crippen molar-refractivity contribution in [2.45, 2.75) is 44.6 Å². The molecule has 1 atom stereocenters. The molecular formula is C22H23N3OS. The van der Waals surface area contributed by atoms with Crippen LogP contribution in [-0.2, 0) is 16.6 Å². The highest BCUT2D eigenvalue weighted by Gasteiger charge is 2.32. The van der Waals surface area contributed by atoms with Crippen molar-refractivity contribution in [1.29, 1.82) is 0 Å². The molecule has 4 nitrogen and oxygen atoms in total. The molecule has 2 heterocycles.